The average Bonchev–Trinajstić information content (AvgIpc) is 2.65. The van der Waals surface area contributed by atoms with Crippen molar-refractivity contribution in [3.63, 3.8) is 0 Å². The van der Waals surface area contributed by atoms with Crippen LogP contribution in [-0.4, -0.2) is 30.3 Å². The lowest BCUT2D eigenvalue weighted by molar-refractivity contribution is 0.146. The predicted octanol–water partition coefficient (Wildman–Crippen LogP) is 1.59. The van der Waals surface area contributed by atoms with Crippen LogP contribution in [0.2, 0.25) is 0 Å². The highest BCUT2D eigenvalue weighted by molar-refractivity contribution is 5.76. The van der Waals surface area contributed by atoms with E-state index in [1.165, 1.54) is 0 Å². The molecule has 0 unspecified atom stereocenters. The second-order valence-corrected chi connectivity index (χ2v) is 2.93. The van der Waals surface area contributed by atoms with Crippen molar-refractivity contribution in [2.45, 2.75) is 0 Å². The van der Waals surface area contributed by atoms with Crippen LogP contribution in [0.15, 0.2) is 24.5 Å². The van der Waals surface area contributed by atoms with Gasteiger partial charge >= 0.3 is 0 Å². The summed E-state index contributed by atoms with van der Waals surface area (Å²) in [6.45, 7) is 1.14. The minimum absolute atomic E-state index is 0.550. The Labute approximate surface area is 81.9 Å². The summed E-state index contributed by atoms with van der Waals surface area (Å²) in [4.78, 5) is 7.22. The number of pyridine rings is 1. The van der Waals surface area contributed by atoms with Gasteiger partial charge in [-0.05, 0) is 12.1 Å². The molecule has 0 spiro atoms. The van der Waals surface area contributed by atoms with E-state index in [9.17, 15) is 0 Å². The zero-order valence-electron chi connectivity index (χ0n) is 7.99. The quantitative estimate of drug-likeness (QED) is 0.748. The molecule has 0 amide bonds. The number of hydrogen-bond donors (Lipinski definition) is 1. The van der Waals surface area contributed by atoms with Crippen molar-refractivity contribution in [1.82, 2.24) is 9.97 Å². The molecule has 0 radical (unpaired) electrons. The molecule has 2 aromatic rings. The molecule has 0 saturated heterocycles. The second-order valence-electron chi connectivity index (χ2n) is 2.93. The lowest BCUT2D eigenvalue weighted by Crippen LogP contribution is -2.04. The lowest BCUT2D eigenvalue weighted by Gasteiger charge is -2.04. The summed E-state index contributed by atoms with van der Waals surface area (Å²) in [5.74, 6) is 0.772. The van der Waals surface area contributed by atoms with Crippen LogP contribution in [0.3, 0.4) is 0 Å². The van der Waals surface area contributed by atoms with Crippen molar-refractivity contribution in [1.29, 1.82) is 0 Å². The van der Waals surface area contributed by atoms with Gasteiger partial charge in [-0.2, -0.15) is 0 Å². The van der Waals surface area contributed by atoms with E-state index >= 15 is 0 Å². The number of rotatable bonds is 4. The van der Waals surface area contributed by atoms with Crippen LogP contribution in [0.5, 0.6) is 5.75 Å². The Bertz CT molecular complexity index is 411. The van der Waals surface area contributed by atoms with Crippen LogP contribution in [0.25, 0.3) is 11.0 Å². The Morgan fingerprint density at radius 2 is 2.36 bits per heavy atom. The fourth-order valence-corrected chi connectivity index (χ4v) is 1.24. The van der Waals surface area contributed by atoms with Crippen molar-refractivity contribution >= 4 is 11.0 Å². The summed E-state index contributed by atoms with van der Waals surface area (Å²) >= 11 is 0. The van der Waals surface area contributed by atoms with Crippen LogP contribution < -0.4 is 4.74 Å². The third-order valence-electron chi connectivity index (χ3n) is 1.93. The standard InChI is InChI=1S/C10H12N2O2/c1-13-4-5-14-9-6-8-2-3-11-10(8)12-7-9/h2-3,6-7H,4-5H2,1H3,(H,11,12). The molecule has 74 valence electrons. The SMILES string of the molecule is COCCOc1cnc2[nH]ccc2c1. The molecule has 0 aromatic carbocycles. The number of hydrogen-bond acceptors (Lipinski definition) is 3. The molecule has 4 heteroatoms. The third-order valence-corrected chi connectivity index (χ3v) is 1.93. The Balaban J connectivity index is 2.10. The Morgan fingerprint density at radius 1 is 1.43 bits per heavy atom. The molecule has 14 heavy (non-hydrogen) atoms. The van der Waals surface area contributed by atoms with E-state index < -0.39 is 0 Å². The minimum atomic E-state index is 0.550. The maximum atomic E-state index is 5.42. The van der Waals surface area contributed by atoms with Crippen LogP contribution in [0.4, 0.5) is 0 Å². The van der Waals surface area contributed by atoms with Gasteiger partial charge in [0.1, 0.15) is 18.0 Å². The van der Waals surface area contributed by atoms with Crippen LogP contribution in [0, 0.1) is 0 Å². The molecule has 2 heterocycles. The molecule has 2 rings (SSSR count). The zero-order valence-corrected chi connectivity index (χ0v) is 7.99. The molecular formula is C10H12N2O2. The fourth-order valence-electron chi connectivity index (χ4n) is 1.24. The smallest absolute Gasteiger partial charge is 0.138 e. The van der Waals surface area contributed by atoms with E-state index in [2.05, 4.69) is 9.97 Å². The van der Waals surface area contributed by atoms with E-state index in [0.29, 0.717) is 13.2 Å². The second kappa shape index (κ2) is 4.11. The fraction of sp³-hybridized carbons (Fsp3) is 0.300. The van der Waals surface area contributed by atoms with Gasteiger partial charge in [-0.3, -0.25) is 0 Å². The number of aromatic amines is 1. The van der Waals surface area contributed by atoms with Gasteiger partial charge in [-0.1, -0.05) is 0 Å². The molecule has 0 saturated carbocycles. The van der Waals surface area contributed by atoms with E-state index in [-0.39, 0.29) is 0 Å². The Hall–Kier alpha value is -1.55. The monoisotopic (exact) mass is 192 g/mol. The molecule has 1 N–H and O–H groups in total. The van der Waals surface area contributed by atoms with Gasteiger partial charge in [0.05, 0.1) is 12.8 Å². The first kappa shape index (κ1) is 9.02. The molecule has 2 aromatic heterocycles. The van der Waals surface area contributed by atoms with Gasteiger partial charge < -0.3 is 14.5 Å². The maximum absolute atomic E-state index is 5.42. The van der Waals surface area contributed by atoms with Crippen molar-refractivity contribution in [3.8, 4) is 5.75 Å². The number of H-pyrrole nitrogens is 1. The minimum Gasteiger partial charge on any atom is -0.490 e. The molecule has 0 aliphatic carbocycles. The van der Waals surface area contributed by atoms with Gasteiger partial charge in [-0.15, -0.1) is 0 Å². The first-order chi connectivity index (χ1) is 6.90. The predicted molar refractivity (Wildman–Crippen MR) is 53.5 cm³/mol. The van der Waals surface area contributed by atoms with Gasteiger partial charge in [0.15, 0.2) is 0 Å². The molecule has 0 bridgehead atoms. The summed E-state index contributed by atoms with van der Waals surface area (Å²) in [6.07, 6.45) is 3.56. The van der Waals surface area contributed by atoms with Crippen molar-refractivity contribution in [3.05, 3.63) is 24.5 Å². The number of nitrogens with one attached hydrogen (secondary N) is 1. The van der Waals surface area contributed by atoms with E-state index in [1.807, 2.05) is 18.3 Å². The molecule has 0 aliphatic rings. The summed E-state index contributed by atoms with van der Waals surface area (Å²) in [5.41, 5.74) is 0.879. The molecular weight excluding hydrogens is 180 g/mol. The highest BCUT2D eigenvalue weighted by Gasteiger charge is 1.98. The third kappa shape index (κ3) is 1.85. The van der Waals surface area contributed by atoms with Gasteiger partial charge in [-0.25, -0.2) is 4.98 Å². The highest BCUT2D eigenvalue weighted by Crippen LogP contribution is 2.16. The van der Waals surface area contributed by atoms with E-state index in [0.717, 1.165) is 16.8 Å². The lowest BCUT2D eigenvalue weighted by atomic mass is 10.3. The number of nitrogens with zero attached hydrogens (tertiary/aromatic N) is 1. The first-order valence-electron chi connectivity index (χ1n) is 4.45. The molecule has 0 fully saturated rings. The topological polar surface area (TPSA) is 47.1 Å². The van der Waals surface area contributed by atoms with Crippen LogP contribution >= 0.6 is 0 Å². The molecule has 0 aliphatic heterocycles. The van der Waals surface area contributed by atoms with Crippen LogP contribution in [-0.2, 0) is 4.74 Å². The summed E-state index contributed by atoms with van der Waals surface area (Å²) in [6, 6.07) is 3.92. The van der Waals surface area contributed by atoms with Gasteiger partial charge in [0.2, 0.25) is 0 Å². The number of fused-ring (bicyclic) bond motifs is 1. The summed E-state index contributed by atoms with van der Waals surface area (Å²) < 4.78 is 10.3. The number of aromatic nitrogens is 2. The summed E-state index contributed by atoms with van der Waals surface area (Å²) in [5, 5.41) is 1.06. The number of methoxy groups -OCH3 is 1. The van der Waals surface area contributed by atoms with Crippen molar-refractivity contribution in [2.24, 2.45) is 0 Å². The zero-order chi connectivity index (χ0) is 9.80. The Morgan fingerprint density at radius 3 is 3.21 bits per heavy atom. The number of ether oxygens (including phenoxy) is 2. The molecule has 0 atom stereocenters. The van der Waals surface area contributed by atoms with Gasteiger partial charge in [0.25, 0.3) is 0 Å². The first-order valence-corrected chi connectivity index (χ1v) is 4.45. The summed E-state index contributed by atoms with van der Waals surface area (Å²) in [7, 11) is 1.65. The van der Waals surface area contributed by atoms with Crippen molar-refractivity contribution < 1.29 is 9.47 Å². The van der Waals surface area contributed by atoms with Crippen LogP contribution in [0.1, 0.15) is 0 Å². The molecule has 4 nitrogen and oxygen atoms in total. The van der Waals surface area contributed by atoms with E-state index in [1.54, 1.807) is 13.3 Å². The Kier molecular flexibility index (Phi) is 2.65. The van der Waals surface area contributed by atoms with Gasteiger partial charge in [0, 0.05) is 18.7 Å². The van der Waals surface area contributed by atoms with E-state index in [4.69, 9.17) is 9.47 Å². The van der Waals surface area contributed by atoms with Crippen molar-refractivity contribution in [2.75, 3.05) is 20.3 Å². The maximum Gasteiger partial charge on any atom is 0.138 e. The largest absolute Gasteiger partial charge is 0.490 e. The average molecular weight is 192 g/mol. The highest BCUT2D eigenvalue weighted by atomic mass is 16.5. The normalized spacial score (nSPS) is 10.6.